The van der Waals surface area contributed by atoms with Crippen LogP contribution in [0.1, 0.15) is 273 Å². The van der Waals surface area contributed by atoms with Crippen molar-refractivity contribution in [1.82, 2.24) is 0 Å². The molecule has 0 rings (SSSR count). The Bertz CT molecular complexity index is 883. The summed E-state index contributed by atoms with van der Waals surface area (Å²) in [5.74, 6) is 1.55. The molecule has 57 heavy (non-hydrogen) atoms. The van der Waals surface area contributed by atoms with Crippen molar-refractivity contribution < 1.29 is 28.6 Å². The van der Waals surface area contributed by atoms with Crippen LogP contribution in [0, 0.1) is 17.8 Å². The molecule has 0 aliphatic carbocycles. The summed E-state index contributed by atoms with van der Waals surface area (Å²) in [6.45, 7) is 13.6. The average Bonchev–Trinajstić information content (AvgIpc) is 3.16. The normalized spacial score (nSPS) is 12.2. The minimum Gasteiger partial charge on any atom is -0.462 e. The van der Waals surface area contributed by atoms with Gasteiger partial charge in [0.05, 0.1) is 0 Å². The van der Waals surface area contributed by atoms with Crippen molar-refractivity contribution in [2.75, 3.05) is 13.2 Å². The van der Waals surface area contributed by atoms with Crippen LogP contribution in [0.15, 0.2) is 0 Å². The second-order valence-corrected chi connectivity index (χ2v) is 18.9. The number of esters is 3. The third-order valence-electron chi connectivity index (χ3n) is 11.4. The van der Waals surface area contributed by atoms with Gasteiger partial charge in [0, 0.05) is 19.3 Å². The summed E-state index contributed by atoms with van der Waals surface area (Å²) >= 11 is 0. The molecule has 0 heterocycles. The van der Waals surface area contributed by atoms with Gasteiger partial charge in [0.2, 0.25) is 0 Å². The van der Waals surface area contributed by atoms with E-state index in [1.165, 1.54) is 154 Å². The molecule has 0 aromatic rings. The summed E-state index contributed by atoms with van der Waals surface area (Å²) in [6.07, 6.45) is 41.1. The first-order chi connectivity index (χ1) is 27.6. The number of carbonyl (C=O) groups excluding carboxylic acids is 3. The van der Waals surface area contributed by atoms with Gasteiger partial charge in [0.15, 0.2) is 6.10 Å². The predicted molar refractivity (Wildman–Crippen MR) is 243 cm³/mol. The van der Waals surface area contributed by atoms with Crippen molar-refractivity contribution in [3.05, 3.63) is 0 Å². The van der Waals surface area contributed by atoms with Gasteiger partial charge in [0.1, 0.15) is 13.2 Å². The maximum atomic E-state index is 12.7. The van der Waals surface area contributed by atoms with Gasteiger partial charge in [-0.3, -0.25) is 14.4 Å². The first-order valence-electron chi connectivity index (χ1n) is 25.1. The molecule has 0 aliphatic heterocycles. The van der Waals surface area contributed by atoms with Gasteiger partial charge >= 0.3 is 17.9 Å². The van der Waals surface area contributed by atoms with Crippen LogP contribution in [0.3, 0.4) is 0 Å². The first kappa shape index (κ1) is 55.4. The molecule has 1 atom stereocenters. The molecule has 0 saturated carbocycles. The van der Waals surface area contributed by atoms with Crippen molar-refractivity contribution in [2.45, 2.75) is 279 Å². The Hall–Kier alpha value is -1.59. The van der Waals surface area contributed by atoms with Gasteiger partial charge in [-0.2, -0.15) is 0 Å². The lowest BCUT2D eigenvalue weighted by molar-refractivity contribution is -0.167. The van der Waals surface area contributed by atoms with E-state index in [2.05, 4.69) is 41.5 Å². The van der Waals surface area contributed by atoms with Crippen LogP contribution in [0.2, 0.25) is 0 Å². The van der Waals surface area contributed by atoms with E-state index in [0.717, 1.165) is 75.5 Å². The molecular weight excluding hydrogens is 709 g/mol. The summed E-state index contributed by atoms with van der Waals surface area (Å²) in [4.78, 5) is 37.8. The highest BCUT2D eigenvalue weighted by Gasteiger charge is 2.19. The molecule has 0 spiro atoms. The maximum Gasteiger partial charge on any atom is 0.306 e. The van der Waals surface area contributed by atoms with E-state index in [4.69, 9.17) is 14.2 Å². The van der Waals surface area contributed by atoms with Crippen LogP contribution in [0.4, 0.5) is 0 Å². The van der Waals surface area contributed by atoms with Crippen LogP contribution < -0.4 is 0 Å². The maximum absolute atomic E-state index is 12.7. The second-order valence-electron chi connectivity index (χ2n) is 18.9. The molecule has 0 aliphatic rings. The molecule has 0 unspecified atom stereocenters. The van der Waals surface area contributed by atoms with E-state index >= 15 is 0 Å². The fourth-order valence-corrected chi connectivity index (χ4v) is 7.59. The molecule has 6 heteroatoms. The zero-order valence-electron chi connectivity index (χ0n) is 39.1. The molecule has 0 radical (unpaired) electrons. The van der Waals surface area contributed by atoms with Crippen molar-refractivity contribution in [3.8, 4) is 0 Å². The average molecular weight is 807 g/mol. The van der Waals surface area contributed by atoms with Crippen molar-refractivity contribution in [2.24, 2.45) is 17.8 Å². The highest BCUT2D eigenvalue weighted by Crippen LogP contribution is 2.17. The molecule has 0 amide bonds. The third-order valence-corrected chi connectivity index (χ3v) is 11.4. The number of unbranched alkanes of at least 4 members (excludes halogenated alkanes) is 27. The molecule has 0 aromatic heterocycles. The van der Waals surface area contributed by atoms with Crippen LogP contribution in [0.25, 0.3) is 0 Å². The van der Waals surface area contributed by atoms with Crippen LogP contribution in [-0.4, -0.2) is 37.2 Å². The summed E-state index contributed by atoms with van der Waals surface area (Å²) in [6, 6.07) is 0. The van der Waals surface area contributed by atoms with Gasteiger partial charge in [-0.25, -0.2) is 0 Å². The number of hydrogen-bond acceptors (Lipinski definition) is 6. The van der Waals surface area contributed by atoms with E-state index in [1.807, 2.05) is 0 Å². The monoisotopic (exact) mass is 807 g/mol. The van der Waals surface area contributed by atoms with Crippen molar-refractivity contribution >= 4 is 17.9 Å². The van der Waals surface area contributed by atoms with Gasteiger partial charge < -0.3 is 14.2 Å². The quantitative estimate of drug-likeness (QED) is 0.0347. The summed E-state index contributed by atoms with van der Waals surface area (Å²) < 4.78 is 16.7. The van der Waals surface area contributed by atoms with Gasteiger partial charge in [0.25, 0.3) is 0 Å². The van der Waals surface area contributed by atoms with Crippen molar-refractivity contribution in [1.29, 1.82) is 0 Å². The predicted octanol–water partition coefficient (Wildman–Crippen LogP) is 16.0. The summed E-state index contributed by atoms with van der Waals surface area (Å²) in [5, 5.41) is 0. The van der Waals surface area contributed by atoms with E-state index in [-0.39, 0.29) is 31.1 Å². The van der Waals surface area contributed by atoms with Crippen LogP contribution >= 0.6 is 0 Å². The zero-order chi connectivity index (χ0) is 42.0. The van der Waals surface area contributed by atoms with E-state index in [0.29, 0.717) is 19.3 Å². The molecular formula is C51H98O6. The first-order valence-corrected chi connectivity index (χ1v) is 25.1. The van der Waals surface area contributed by atoms with Gasteiger partial charge in [-0.15, -0.1) is 0 Å². The molecule has 0 fully saturated rings. The number of hydrogen-bond donors (Lipinski definition) is 0. The Morgan fingerprint density at radius 1 is 0.298 bits per heavy atom. The fraction of sp³-hybridized carbons (Fsp3) is 0.941. The van der Waals surface area contributed by atoms with Crippen molar-refractivity contribution in [3.63, 3.8) is 0 Å². The lowest BCUT2D eigenvalue weighted by Crippen LogP contribution is -2.30. The highest BCUT2D eigenvalue weighted by molar-refractivity contribution is 5.71. The Morgan fingerprint density at radius 3 is 0.754 bits per heavy atom. The minimum absolute atomic E-state index is 0.0660. The Labute approximate surface area is 355 Å². The fourth-order valence-electron chi connectivity index (χ4n) is 7.59. The molecule has 0 bridgehead atoms. The third kappa shape index (κ3) is 45.3. The Balaban J connectivity index is 4.21. The Kier molecular flexibility index (Phi) is 41.3. The molecule has 338 valence electrons. The number of rotatable bonds is 44. The standard InChI is InChI=1S/C51H98O6/c1-45(2)37-31-25-19-15-13-11-9-7-8-10-12-14-16-21-28-34-40-49(52)55-43-48(44-56-50(53)41-35-29-24-23-27-33-39-47(5)6)57-51(54)42-36-30-22-18-17-20-26-32-38-46(3)4/h45-48H,7-44H2,1-6H3/t48-/m0/s1. The lowest BCUT2D eigenvalue weighted by atomic mass is 10.0. The van der Waals surface area contributed by atoms with E-state index < -0.39 is 6.10 Å². The van der Waals surface area contributed by atoms with Crippen LogP contribution in [-0.2, 0) is 28.6 Å². The summed E-state index contributed by atoms with van der Waals surface area (Å²) in [7, 11) is 0. The van der Waals surface area contributed by atoms with E-state index in [9.17, 15) is 14.4 Å². The smallest absolute Gasteiger partial charge is 0.306 e. The van der Waals surface area contributed by atoms with Gasteiger partial charge in [-0.05, 0) is 37.0 Å². The molecule has 6 nitrogen and oxygen atoms in total. The topological polar surface area (TPSA) is 78.9 Å². The number of carbonyl (C=O) groups is 3. The second kappa shape index (κ2) is 42.5. The SMILES string of the molecule is CC(C)CCCCCCCCCCCCCCCCCCC(=O)OC[C@@H](COC(=O)CCCCCCCCC(C)C)OC(=O)CCCCCCCCCCC(C)C. The van der Waals surface area contributed by atoms with E-state index in [1.54, 1.807) is 0 Å². The lowest BCUT2D eigenvalue weighted by Gasteiger charge is -2.18. The van der Waals surface area contributed by atoms with Gasteiger partial charge in [-0.1, -0.05) is 234 Å². The van der Waals surface area contributed by atoms with Crippen LogP contribution in [0.5, 0.6) is 0 Å². The minimum atomic E-state index is -0.762. The Morgan fingerprint density at radius 2 is 0.509 bits per heavy atom. The molecule has 0 saturated heterocycles. The highest BCUT2D eigenvalue weighted by atomic mass is 16.6. The number of ether oxygens (including phenoxy) is 3. The molecule has 0 aromatic carbocycles. The largest absolute Gasteiger partial charge is 0.462 e. The summed E-state index contributed by atoms with van der Waals surface area (Å²) in [5.41, 5.74) is 0. The zero-order valence-corrected chi connectivity index (χ0v) is 39.1. The molecule has 0 N–H and O–H groups in total.